The van der Waals surface area contributed by atoms with Crippen LogP contribution in [0.5, 0.6) is 0 Å². The Kier molecular flexibility index (Phi) is 32.7. The van der Waals surface area contributed by atoms with Gasteiger partial charge in [0, 0.05) is 0 Å². The minimum Gasteiger partial charge on any atom is -0.481 e. The van der Waals surface area contributed by atoms with Gasteiger partial charge in [0.1, 0.15) is 6.10 Å². The molecule has 0 aliphatic heterocycles. The number of carboxylic acid groups (broad SMARTS) is 1. The Morgan fingerprint density at radius 1 is 0.514 bits per heavy atom. The summed E-state index contributed by atoms with van der Waals surface area (Å²) in [6.45, 7) is 3.81. The molecule has 0 aromatic carbocycles. The number of unbranched alkanes of at least 4 members (excludes halogenated alkanes) is 19. The fourth-order valence-corrected chi connectivity index (χ4v) is 4.38. The van der Waals surface area contributed by atoms with E-state index in [1.807, 2.05) is 0 Å². The van der Waals surface area contributed by atoms with Gasteiger partial charge in [-0.25, -0.2) is 0 Å². The summed E-state index contributed by atoms with van der Waals surface area (Å²) in [6.07, 6.45) is 28.7. The first-order valence-electron chi connectivity index (χ1n) is 15.2. The maximum atomic E-state index is 11.5. The molecule has 0 aromatic heterocycles. The molecule has 5 heteroatoms. The first kappa shape index (κ1) is 36.5. The van der Waals surface area contributed by atoms with Gasteiger partial charge < -0.3 is 20.4 Å². The number of hydrogen-bond acceptors (Lipinski definition) is 4. The highest BCUT2D eigenvalue weighted by atomic mass is 16.4. The van der Waals surface area contributed by atoms with Crippen LogP contribution >= 0.6 is 0 Å². The first-order valence-corrected chi connectivity index (χ1v) is 15.2. The maximum absolute atomic E-state index is 11.5. The molecular formula is C30H62O5. The number of aliphatic carboxylic acids is 1. The normalized spacial score (nSPS) is 11.9. The van der Waals surface area contributed by atoms with Crippen molar-refractivity contribution in [3.8, 4) is 0 Å². The summed E-state index contributed by atoms with van der Waals surface area (Å²) in [7, 11) is 0. The van der Waals surface area contributed by atoms with Gasteiger partial charge in [-0.05, 0) is 12.8 Å². The van der Waals surface area contributed by atoms with E-state index in [0.717, 1.165) is 25.7 Å². The minimum atomic E-state index is -0.954. The molecule has 0 amide bonds. The SMILES string of the molecule is CCCCCCCCCCCCCC(CCCCCCCCCCCC)C(=O)O.OCC(O)CO. The number of aliphatic hydroxyl groups excluding tert-OH is 3. The van der Waals surface area contributed by atoms with Gasteiger partial charge >= 0.3 is 5.97 Å². The average Bonchev–Trinajstić information content (AvgIpc) is 2.86. The van der Waals surface area contributed by atoms with Crippen molar-refractivity contribution < 1.29 is 25.2 Å². The molecule has 0 radical (unpaired) electrons. The van der Waals surface area contributed by atoms with Crippen molar-refractivity contribution in [2.24, 2.45) is 5.92 Å². The van der Waals surface area contributed by atoms with E-state index in [1.54, 1.807) is 0 Å². The summed E-state index contributed by atoms with van der Waals surface area (Å²) >= 11 is 0. The molecular weight excluding hydrogens is 440 g/mol. The summed E-state index contributed by atoms with van der Waals surface area (Å²) < 4.78 is 0. The van der Waals surface area contributed by atoms with Gasteiger partial charge in [-0.1, -0.05) is 149 Å². The standard InChI is InChI=1S/C27H54O2.C3H8O3/c1-3-5-7-9-11-13-15-17-19-21-23-25-26(27(28)29)24-22-20-18-16-14-12-10-8-6-4-2;4-1-3(6)2-5/h26H,3-25H2,1-2H3,(H,28,29);3-6H,1-2H2. The zero-order chi connectivity index (χ0) is 26.4. The van der Waals surface area contributed by atoms with Gasteiger partial charge in [0.15, 0.2) is 0 Å². The van der Waals surface area contributed by atoms with Crippen molar-refractivity contribution >= 4 is 5.97 Å². The lowest BCUT2D eigenvalue weighted by atomic mass is 9.94. The Morgan fingerprint density at radius 3 is 0.971 bits per heavy atom. The third-order valence-corrected chi connectivity index (χ3v) is 6.83. The van der Waals surface area contributed by atoms with Gasteiger partial charge in [-0.3, -0.25) is 4.79 Å². The zero-order valence-electron chi connectivity index (χ0n) is 23.5. The zero-order valence-corrected chi connectivity index (χ0v) is 23.5. The highest BCUT2D eigenvalue weighted by Crippen LogP contribution is 2.20. The molecule has 4 N–H and O–H groups in total. The molecule has 0 bridgehead atoms. The fraction of sp³-hybridized carbons (Fsp3) is 0.967. The van der Waals surface area contributed by atoms with Crippen molar-refractivity contribution in [1.82, 2.24) is 0 Å². The topological polar surface area (TPSA) is 98.0 Å². The summed E-state index contributed by atoms with van der Waals surface area (Å²) in [5, 5.41) is 33.5. The van der Waals surface area contributed by atoms with E-state index >= 15 is 0 Å². The van der Waals surface area contributed by atoms with Crippen molar-refractivity contribution in [3.05, 3.63) is 0 Å². The molecule has 0 aliphatic rings. The van der Waals surface area contributed by atoms with Crippen molar-refractivity contribution in [2.75, 3.05) is 13.2 Å². The van der Waals surface area contributed by atoms with Crippen LogP contribution < -0.4 is 0 Å². The number of hydrogen-bond donors (Lipinski definition) is 4. The Hall–Kier alpha value is -0.650. The van der Waals surface area contributed by atoms with Crippen LogP contribution in [0.15, 0.2) is 0 Å². The van der Waals surface area contributed by atoms with Crippen LogP contribution in [0.25, 0.3) is 0 Å². The molecule has 0 spiro atoms. The number of carboxylic acids is 1. The van der Waals surface area contributed by atoms with Gasteiger partial charge in [-0.15, -0.1) is 0 Å². The van der Waals surface area contributed by atoms with Crippen LogP contribution in [0.2, 0.25) is 0 Å². The predicted octanol–water partition coefficient (Wildman–Crippen LogP) is 8.03. The minimum absolute atomic E-state index is 0.0948. The molecule has 1 unspecified atom stereocenters. The second-order valence-electron chi connectivity index (χ2n) is 10.3. The monoisotopic (exact) mass is 502 g/mol. The van der Waals surface area contributed by atoms with E-state index < -0.39 is 12.1 Å². The van der Waals surface area contributed by atoms with Crippen LogP contribution in [0.3, 0.4) is 0 Å². The lowest BCUT2D eigenvalue weighted by Crippen LogP contribution is -2.15. The van der Waals surface area contributed by atoms with E-state index in [0.29, 0.717) is 0 Å². The Labute approximate surface area is 218 Å². The molecule has 5 nitrogen and oxygen atoms in total. The molecule has 0 rings (SSSR count). The summed E-state index contributed by atoms with van der Waals surface area (Å²) in [5.74, 6) is -0.657. The van der Waals surface area contributed by atoms with Crippen molar-refractivity contribution in [2.45, 2.75) is 168 Å². The quantitative estimate of drug-likeness (QED) is 0.0897. The lowest BCUT2D eigenvalue weighted by Gasteiger charge is -2.12. The van der Waals surface area contributed by atoms with Gasteiger partial charge in [-0.2, -0.15) is 0 Å². The lowest BCUT2D eigenvalue weighted by molar-refractivity contribution is -0.142. The maximum Gasteiger partial charge on any atom is 0.306 e. The second-order valence-corrected chi connectivity index (χ2v) is 10.3. The second kappa shape index (κ2) is 31.4. The Bertz CT molecular complexity index is 398. The summed E-state index contributed by atoms with van der Waals surface area (Å²) in [4.78, 5) is 11.5. The van der Waals surface area contributed by atoms with Gasteiger partial charge in [0.25, 0.3) is 0 Å². The molecule has 0 heterocycles. The Balaban J connectivity index is 0. The summed E-state index contributed by atoms with van der Waals surface area (Å²) in [5.41, 5.74) is 0. The number of carbonyl (C=O) groups is 1. The Morgan fingerprint density at radius 2 is 0.771 bits per heavy atom. The molecule has 0 fully saturated rings. The highest BCUT2D eigenvalue weighted by molar-refractivity contribution is 5.69. The predicted molar refractivity (Wildman–Crippen MR) is 149 cm³/mol. The van der Waals surface area contributed by atoms with Crippen LogP contribution in [-0.4, -0.2) is 45.7 Å². The highest BCUT2D eigenvalue weighted by Gasteiger charge is 2.16. The van der Waals surface area contributed by atoms with Gasteiger partial charge in [0.2, 0.25) is 0 Å². The number of aliphatic hydroxyl groups is 3. The van der Waals surface area contributed by atoms with Crippen LogP contribution in [0.1, 0.15) is 162 Å². The number of rotatable bonds is 26. The van der Waals surface area contributed by atoms with E-state index in [4.69, 9.17) is 15.3 Å². The smallest absolute Gasteiger partial charge is 0.306 e. The molecule has 35 heavy (non-hydrogen) atoms. The van der Waals surface area contributed by atoms with Crippen molar-refractivity contribution in [1.29, 1.82) is 0 Å². The van der Waals surface area contributed by atoms with E-state index in [-0.39, 0.29) is 19.1 Å². The molecule has 0 aromatic rings. The van der Waals surface area contributed by atoms with E-state index in [1.165, 1.54) is 122 Å². The van der Waals surface area contributed by atoms with Crippen LogP contribution in [0.4, 0.5) is 0 Å². The third-order valence-electron chi connectivity index (χ3n) is 6.83. The van der Waals surface area contributed by atoms with Crippen molar-refractivity contribution in [3.63, 3.8) is 0 Å². The molecule has 0 aliphatic carbocycles. The first-order chi connectivity index (χ1) is 17.0. The van der Waals surface area contributed by atoms with E-state index in [9.17, 15) is 9.90 Å². The molecule has 0 saturated heterocycles. The molecule has 0 saturated carbocycles. The fourth-order valence-electron chi connectivity index (χ4n) is 4.38. The molecule has 1 atom stereocenters. The average molecular weight is 503 g/mol. The summed E-state index contributed by atoms with van der Waals surface area (Å²) in [6, 6.07) is 0. The third kappa shape index (κ3) is 31.3. The molecule has 212 valence electrons. The van der Waals surface area contributed by atoms with Crippen LogP contribution in [0, 0.1) is 5.92 Å². The van der Waals surface area contributed by atoms with Gasteiger partial charge in [0.05, 0.1) is 19.1 Å². The van der Waals surface area contributed by atoms with E-state index in [2.05, 4.69) is 13.8 Å². The van der Waals surface area contributed by atoms with Crippen LogP contribution in [-0.2, 0) is 4.79 Å². The largest absolute Gasteiger partial charge is 0.481 e.